The molecule has 0 saturated carbocycles. The van der Waals surface area contributed by atoms with Crippen molar-refractivity contribution in [2.24, 2.45) is 5.92 Å². The second-order valence-corrected chi connectivity index (χ2v) is 5.78. The number of hydrogen-bond donors (Lipinski definition) is 0. The molecule has 1 aromatic carbocycles. The minimum Gasteiger partial charge on any atom is -0.100 e. The van der Waals surface area contributed by atoms with Crippen molar-refractivity contribution in [3.63, 3.8) is 0 Å². The third-order valence-electron chi connectivity index (χ3n) is 3.79. The summed E-state index contributed by atoms with van der Waals surface area (Å²) in [6.45, 7) is 8.39. The Kier molecular flexibility index (Phi) is 4.86. The summed E-state index contributed by atoms with van der Waals surface area (Å²) < 4.78 is 0. The second kappa shape index (κ2) is 6.62. The Hall–Kier alpha value is -1.48. The van der Waals surface area contributed by atoms with Crippen molar-refractivity contribution >= 4 is 0 Å². The summed E-state index contributed by atoms with van der Waals surface area (Å²) in [7, 11) is 0. The molecule has 0 radical (unpaired) electrons. The molecule has 19 heavy (non-hydrogen) atoms. The predicted octanol–water partition coefficient (Wildman–Crippen LogP) is 4.91. The lowest BCUT2D eigenvalue weighted by molar-refractivity contribution is 0.557. The normalized spacial score (nSPS) is 16.6. The fourth-order valence-corrected chi connectivity index (χ4v) is 2.92. The van der Waals surface area contributed by atoms with Crippen LogP contribution in [0.25, 0.3) is 0 Å². The topological polar surface area (TPSA) is 0 Å². The van der Waals surface area contributed by atoms with Gasteiger partial charge in [-0.05, 0) is 55.7 Å². The van der Waals surface area contributed by atoms with Gasteiger partial charge in [0, 0.05) is 12.0 Å². The molecular weight excluding hydrogens is 228 g/mol. The lowest BCUT2D eigenvalue weighted by Crippen LogP contribution is -1.99. The van der Waals surface area contributed by atoms with Gasteiger partial charge in [0.1, 0.15) is 0 Å². The van der Waals surface area contributed by atoms with Crippen molar-refractivity contribution in [2.45, 2.75) is 52.4 Å². The van der Waals surface area contributed by atoms with Crippen LogP contribution < -0.4 is 0 Å². The van der Waals surface area contributed by atoms with E-state index in [2.05, 4.69) is 50.5 Å². The maximum atomic E-state index is 4.05. The molecule has 1 atom stereocenters. The first-order chi connectivity index (χ1) is 9.20. The molecule has 1 unspecified atom stereocenters. The monoisotopic (exact) mass is 252 g/mol. The molecule has 0 saturated heterocycles. The van der Waals surface area contributed by atoms with Gasteiger partial charge in [-0.3, -0.25) is 0 Å². The van der Waals surface area contributed by atoms with Crippen molar-refractivity contribution in [1.82, 2.24) is 0 Å². The molecule has 1 aromatic rings. The molecule has 100 valence electrons. The number of allylic oxidation sites excluding steroid dienone is 1. The molecule has 1 aliphatic rings. The minimum atomic E-state index is 0.742. The van der Waals surface area contributed by atoms with Crippen molar-refractivity contribution in [3.8, 4) is 11.8 Å². The van der Waals surface area contributed by atoms with Crippen LogP contribution in [0.1, 0.15) is 56.2 Å². The van der Waals surface area contributed by atoms with Crippen molar-refractivity contribution < 1.29 is 0 Å². The van der Waals surface area contributed by atoms with Crippen LogP contribution in [0.2, 0.25) is 0 Å². The van der Waals surface area contributed by atoms with E-state index in [1.807, 2.05) is 0 Å². The maximum absolute atomic E-state index is 4.05. The summed E-state index contributed by atoms with van der Waals surface area (Å²) in [5, 5.41) is 0. The van der Waals surface area contributed by atoms with Crippen LogP contribution in [0.4, 0.5) is 0 Å². The first-order valence-corrected chi connectivity index (χ1v) is 7.44. The lowest BCUT2D eigenvalue weighted by atomic mass is 9.98. The van der Waals surface area contributed by atoms with E-state index in [9.17, 15) is 0 Å². The molecule has 0 aliphatic heterocycles. The third-order valence-corrected chi connectivity index (χ3v) is 3.79. The summed E-state index contributed by atoms with van der Waals surface area (Å²) in [5.41, 5.74) is 5.57. The summed E-state index contributed by atoms with van der Waals surface area (Å²) in [6, 6.07) is 6.61. The number of fused-ring (bicyclic) bond motifs is 1. The first-order valence-electron chi connectivity index (χ1n) is 7.44. The van der Waals surface area contributed by atoms with Gasteiger partial charge in [0.25, 0.3) is 0 Å². The molecule has 0 N–H and O–H groups in total. The fraction of sp³-hybridized carbons (Fsp3) is 0.474. The van der Waals surface area contributed by atoms with Crippen molar-refractivity contribution in [2.75, 3.05) is 0 Å². The molecule has 0 spiro atoms. The van der Waals surface area contributed by atoms with Crippen LogP contribution in [-0.4, -0.2) is 0 Å². The van der Waals surface area contributed by atoms with Crippen molar-refractivity contribution in [3.05, 3.63) is 47.0 Å². The summed E-state index contributed by atoms with van der Waals surface area (Å²) in [6.07, 6.45) is 6.99. The highest BCUT2D eigenvalue weighted by atomic mass is 14.3. The zero-order valence-corrected chi connectivity index (χ0v) is 12.3. The maximum Gasteiger partial charge on any atom is 0.0280 e. The SMILES string of the molecule is C=C(C)CC1Cc2cccc(C#CCCCC)c2C1. The largest absolute Gasteiger partial charge is 0.100 e. The molecular formula is C19H24. The van der Waals surface area contributed by atoms with E-state index in [4.69, 9.17) is 0 Å². The quantitative estimate of drug-likeness (QED) is 0.406. The zero-order chi connectivity index (χ0) is 13.7. The van der Waals surface area contributed by atoms with E-state index in [0.29, 0.717) is 0 Å². The molecule has 2 rings (SSSR count). The van der Waals surface area contributed by atoms with Gasteiger partial charge >= 0.3 is 0 Å². The Morgan fingerprint density at radius 2 is 2.21 bits per heavy atom. The smallest absolute Gasteiger partial charge is 0.0280 e. The Labute approximate surface area is 117 Å². The van der Waals surface area contributed by atoms with Gasteiger partial charge in [0.05, 0.1) is 0 Å². The van der Waals surface area contributed by atoms with E-state index in [1.165, 1.54) is 47.9 Å². The van der Waals surface area contributed by atoms with Crippen LogP contribution in [0.15, 0.2) is 30.4 Å². The molecule has 0 heteroatoms. The second-order valence-electron chi connectivity index (χ2n) is 5.78. The van der Waals surface area contributed by atoms with E-state index in [-0.39, 0.29) is 0 Å². The predicted molar refractivity (Wildman–Crippen MR) is 83.2 cm³/mol. The van der Waals surface area contributed by atoms with E-state index in [0.717, 1.165) is 18.8 Å². The van der Waals surface area contributed by atoms with Gasteiger partial charge < -0.3 is 0 Å². The zero-order valence-electron chi connectivity index (χ0n) is 12.3. The fourth-order valence-electron chi connectivity index (χ4n) is 2.92. The number of unbranched alkanes of at least 4 members (excludes halogenated alkanes) is 2. The molecule has 0 aromatic heterocycles. The minimum absolute atomic E-state index is 0.742. The van der Waals surface area contributed by atoms with Gasteiger partial charge in [0.2, 0.25) is 0 Å². The van der Waals surface area contributed by atoms with E-state index >= 15 is 0 Å². The van der Waals surface area contributed by atoms with Gasteiger partial charge in [-0.25, -0.2) is 0 Å². The van der Waals surface area contributed by atoms with Crippen LogP contribution >= 0.6 is 0 Å². The third kappa shape index (κ3) is 3.74. The first kappa shape index (κ1) is 13.9. The average molecular weight is 252 g/mol. The summed E-state index contributed by atoms with van der Waals surface area (Å²) >= 11 is 0. The van der Waals surface area contributed by atoms with Crippen LogP contribution in [0.5, 0.6) is 0 Å². The highest BCUT2D eigenvalue weighted by molar-refractivity contribution is 5.48. The van der Waals surface area contributed by atoms with E-state index < -0.39 is 0 Å². The van der Waals surface area contributed by atoms with Crippen LogP contribution in [0.3, 0.4) is 0 Å². The Morgan fingerprint density at radius 1 is 1.37 bits per heavy atom. The van der Waals surface area contributed by atoms with E-state index in [1.54, 1.807) is 0 Å². The van der Waals surface area contributed by atoms with Gasteiger partial charge in [-0.2, -0.15) is 0 Å². The molecule has 0 nitrogen and oxygen atoms in total. The standard InChI is InChI=1S/C19H24/c1-4-5-6-7-9-17-10-8-11-18-13-16(12-15(2)3)14-19(17)18/h8,10-11,16H,2,4-6,12-14H2,1,3H3. The molecule has 1 aliphatic carbocycles. The average Bonchev–Trinajstić information content (AvgIpc) is 2.76. The lowest BCUT2D eigenvalue weighted by Gasteiger charge is -2.07. The highest BCUT2D eigenvalue weighted by Gasteiger charge is 2.22. The van der Waals surface area contributed by atoms with Gasteiger partial charge in [-0.15, -0.1) is 6.58 Å². The van der Waals surface area contributed by atoms with Crippen LogP contribution in [-0.2, 0) is 12.8 Å². The highest BCUT2D eigenvalue weighted by Crippen LogP contribution is 2.32. The van der Waals surface area contributed by atoms with Gasteiger partial charge in [0.15, 0.2) is 0 Å². The van der Waals surface area contributed by atoms with Crippen molar-refractivity contribution in [1.29, 1.82) is 0 Å². The molecule has 0 bridgehead atoms. The number of rotatable bonds is 4. The summed E-state index contributed by atoms with van der Waals surface area (Å²) in [4.78, 5) is 0. The Morgan fingerprint density at radius 3 is 2.95 bits per heavy atom. The molecule has 0 fully saturated rings. The number of hydrogen-bond acceptors (Lipinski definition) is 0. The summed E-state index contributed by atoms with van der Waals surface area (Å²) in [5.74, 6) is 7.44. The van der Waals surface area contributed by atoms with Crippen LogP contribution in [0, 0.1) is 17.8 Å². The Balaban J connectivity index is 2.10. The van der Waals surface area contributed by atoms with Gasteiger partial charge in [-0.1, -0.05) is 42.9 Å². The molecule has 0 amide bonds. The number of benzene rings is 1. The Bertz CT molecular complexity index is 511. The molecule has 0 heterocycles.